The lowest BCUT2D eigenvalue weighted by atomic mass is 10.1. The number of aromatic nitrogens is 1. The molecule has 0 radical (unpaired) electrons. The molecule has 0 saturated carbocycles. The number of benzene rings is 2. The van der Waals surface area contributed by atoms with E-state index in [0.717, 1.165) is 27.6 Å². The minimum absolute atomic E-state index is 0.0823. The molecule has 2 heterocycles. The van der Waals surface area contributed by atoms with Gasteiger partial charge in [-0.25, -0.2) is 4.98 Å². The molecule has 0 aliphatic heterocycles. The Hall–Kier alpha value is -3.58. The molecule has 4 aromatic rings. The van der Waals surface area contributed by atoms with Crippen molar-refractivity contribution < 1.29 is 19.1 Å². The minimum atomic E-state index is 0.0823. The molecule has 0 fully saturated rings. The molecule has 7 nitrogen and oxygen atoms in total. The number of para-hydroxylation sites is 1. The lowest BCUT2D eigenvalue weighted by Crippen LogP contribution is -2.40. The molecule has 0 amide bonds. The number of oxime groups is 1. The van der Waals surface area contributed by atoms with Crippen LogP contribution in [0.3, 0.4) is 0 Å². The Kier molecular flexibility index (Phi) is 6.28. The first-order valence-corrected chi connectivity index (χ1v) is 10.6. The number of ether oxygens (including phenoxy) is 2. The number of rotatable bonds is 7. The number of fused-ring (bicyclic) bond motifs is 3. The van der Waals surface area contributed by atoms with Crippen molar-refractivity contribution in [2.45, 2.75) is 26.8 Å². The van der Waals surface area contributed by atoms with Gasteiger partial charge in [-0.3, -0.25) is 0 Å². The predicted octanol–water partition coefficient (Wildman–Crippen LogP) is 5.57. The van der Waals surface area contributed by atoms with Gasteiger partial charge in [0.2, 0.25) is 5.88 Å². The lowest BCUT2D eigenvalue weighted by Gasteiger charge is -2.29. The number of pyridine rings is 1. The van der Waals surface area contributed by atoms with E-state index < -0.39 is 0 Å². The maximum atomic E-state index is 9.90. The molecular weight excluding hydrogens is 406 g/mol. The highest BCUT2D eigenvalue weighted by Crippen LogP contribution is 2.33. The van der Waals surface area contributed by atoms with Crippen molar-refractivity contribution in [3.63, 3.8) is 0 Å². The van der Waals surface area contributed by atoms with Crippen molar-refractivity contribution in [2.75, 3.05) is 20.3 Å². The smallest absolute Gasteiger partial charge is 0.230 e. The Morgan fingerprint density at radius 3 is 2.62 bits per heavy atom. The van der Waals surface area contributed by atoms with E-state index in [4.69, 9.17) is 13.9 Å². The average Bonchev–Trinajstić information content (AvgIpc) is 3.15. The molecular formula is C25H27N3O4. The zero-order valence-corrected chi connectivity index (χ0v) is 18.7. The topological polar surface area (TPSA) is 80.3 Å². The molecule has 2 aromatic carbocycles. The van der Waals surface area contributed by atoms with Gasteiger partial charge in [0.05, 0.1) is 12.2 Å². The molecule has 166 valence electrons. The van der Waals surface area contributed by atoms with Gasteiger partial charge >= 0.3 is 0 Å². The van der Waals surface area contributed by atoms with Crippen LogP contribution in [0.1, 0.15) is 25.1 Å². The summed E-state index contributed by atoms with van der Waals surface area (Å²) in [5.74, 6) is 1.37. The maximum absolute atomic E-state index is 9.90. The van der Waals surface area contributed by atoms with Gasteiger partial charge in [0, 0.05) is 36.2 Å². The Labute approximate surface area is 186 Å². The van der Waals surface area contributed by atoms with Gasteiger partial charge in [-0.05, 0) is 57.2 Å². The maximum Gasteiger partial charge on any atom is 0.230 e. The fourth-order valence-electron chi connectivity index (χ4n) is 3.73. The summed E-state index contributed by atoms with van der Waals surface area (Å²) in [7, 11) is 1.64. The largest absolute Gasteiger partial charge is 0.456 e. The second-order valence-corrected chi connectivity index (χ2v) is 7.87. The summed E-state index contributed by atoms with van der Waals surface area (Å²) >= 11 is 0. The molecule has 0 atom stereocenters. The van der Waals surface area contributed by atoms with Gasteiger partial charge in [0.25, 0.3) is 0 Å². The standard InChI is InChI=1S/C25H27N3O4/c1-16(2)28(13-14-30-4)24(27-29)20-11-9-17(3)26-25(20)31-18-10-12-23-21(15-18)19-7-5-6-8-22(19)32-23/h5-12,15-16,29H,13-14H2,1-4H3/b27-24-. The molecule has 7 heteroatoms. The van der Waals surface area contributed by atoms with Gasteiger partial charge in [-0.2, -0.15) is 0 Å². The number of nitrogens with zero attached hydrogens (tertiary/aromatic N) is 3. The van der Waals surface area contributed by atoms with Gasteiger partial charge in [0.1, 0.15) is 16.9 Å². The zero-order valence-electron chi connectivity index (χ0n) is 18.7. The Balaban J connectivity index is 1.74. The monoisotopic (exact) mass is 433 g/mol. The van der Waals surface area contributed by atoms with Crippen molar-refractivity contribution in [3.8, 4) is 11.6 Å². The summed E-state index contributed by atoms with van der Waals surface area (Å²) in [6, 6.07) is 17.4. The van der Waals surface area contributed by atoms with Crippen LogP contribution in [0.15, 0.2) is 64.2 Å². The van der Waals surface area contributed by atoms with E-state index in [1.54, 1.807) is 7.11 Å². The Morgan fingerprint density at radius 2 is 1.88 bits per heavy atom. The summed E-state index contributed by atoms with van der Waals surface area (Å²) in [6.45, 7) is 7.01. The fraction of sp³-hybridized carbons (Fsp3) is 0.280. The molecule has 0 bridgehead atoms. The second kappa shape index (κ2) is 9.28. The first-order valence-electron chi connectivity index (χ1n) is 10.6. The van der Waals surface area contributed by atoms with Crippen molar-refractivity contribution in [1.82, 2.24) is 9.88 Å². The van der Waals surface area contributed by atoms with Crippen LogP contribution in [0.25, 0.3) is 21.9 Å². The molecule has 0 saturated heterocycles. The number of furan rings is 1. The molecule has 1 N–H and O–H groups in total. The molecule has 32 heavy (non-hydrogen) atoms. The van der Waals surface area contributed by atoms with Crippen molar-refractivity contribution in [3.05, 3.63) is 65.9 Å². The molecule has 0 aliphatic rings. The van der Waals surface area contributed by atoms with Crippen LogP contribution in [-0.4, -0.2) is 47.2 Å². The number of hydrogen-bond donors (Lipinski definition) is 1. The normalized spacial score (nSPS) is 12.1. The third-order valence-corrected chi connectivity index (χ3v) is 5.33. The van der Waals surface area contributed by atoms with Crippen LogP contribution in [-0.2, 0) is 4.74 Å². The van der Waals surface area contributed by atoms with E-state index >= 15 is 0 Å². The first-order chi connectivity index (χ1) is 15.5. The SMILES string of the molecule is COCCN(/C(=N\O)c1ccc(C)nc1Oc1ccc2oc3ccccc3c2c1)C(C)C. The van der Waals surface area contributed by atoms with E-state index in [0.29, 0.717) is 36.2 Å². The molecule has 0 unspecified atom stereocenters. The van der Waals surface area contributed by atoms with E-state index in [9.17, 15) is 5.21 Å². The van der Waals surface area contributed by atoms with Gasteiger partial charge in [-0.15, -0.1) is 0 Å². The average molecular weight is 434 g/mol. The van der Waals surface area contributed by atoms with Crippen LogP contribution < -0.4 is 4.74 Å². The van der Waals surface area contributed by atoms with Crippen molar-refractivity contribution >= 4 is 27.8 Å². The third-order valence-electron chi connectivity index (χ3n) is 5.33. The van der Waals surface area contributed by atoms with Crippen LogP contribution in [0.2, 0.25) is 0 Å². The molecule has 0 spiro atoms. The second-order valence-electron chi connectivity index (χ2n) is 7.87. The number of amidine groups is 1. The quantitative estimate of drug-likeness (QED) is 0.177. The lowest BCUT2D eigenvalue weighted by molar-refractivity contribution is 0.164. The highest BCUT2D eigenvalue weighted by molar-refractivity contribution is 6.05. The Morgan fingerprint density at radius 1 is 1.09 bits per heavy atom. The summed E-state index contributed by atoms with van der Waals surface area (Å²) in [5.41, 5.74) is 3.01. The number of aryl methyl sites for hydroxylation is 1. The Bertz CT molecular complexity index is 1260. The summed E-state index contributed by atoms with van der Waals surface area (Å²) < 4.78 is 17.4. The summed E-state index contributed by atoms with van der Waals surface area (Å²) in [4.78, 5) is 6.55. The van der Waals surface area contributed by atoms with Gasteiger partial charge < -0.3 is 24.0 Å². The predicted molar refractivity (Wildman–Crippen MR) is 125 cm³/mol. The highest BCUT2D eigenvalue weighted by Gasteiger charge is 2.22. The highest BCUT2D eigenvalue weighted by atomic mass is 16.5. The van der Waals surface area contributed by atoms with Crippen LogP contribution in [0.4, 0.5) is 0 Å². The number of methoxy groups -OCH3 is 1. The molecule has 4 rings (SSSR count). The van der Waals surface area contributed by atoms with Crippen molar-refractivity contribution in [2.24, 2.45) is 5.16 Å². The molecule has 2 aromatic heterocycles. The first kappa shape index (κ1) is 21.6. The van der Waals surface area contributed by atoms with E-state index in [1.165, 1.54) is 0 Å². The molecule has 0 aliphatic carbocycles. The minimum Gasteiger partial charge on any atom is -0.456 e. The van der Waals surface area contributed by atoms with Crippen molar-refractivity contribution in [1.29, 1.82) is 0 Å². The van der Waals surface area contributed by atoms with Gasteiger partial charge in [-0.1, -0.05) is 23.4 Å². The number of hydrogen-bond acceptors (Lipinski definition) is 6. The van der Waals surface area contributed by atoms with E-state index in [-0.39, 0.29) is 6.04 Å². The summed E-state index contributed by atoms with van der Waals surface area (Å²) in [6.07, 6.45) is 0. The van der Waals surface area contributed by atoms with Crippen LogP contribution in [0, 0.1) is 6.92 Å². The third kappa shape index (κ3) is 4.24. The van der Waals surface area contributed by atoms with E-state index in [1.807, 2.05) is 80.3 Å². The summed E-state index contributed by atoms with van der Waals surface area (Å²) in [5, 5.41) is 15.5. The van der Waals surface area contributed by atoms with Crippen LogP contribution in [0.5, 0.6) is 11.6 Å². The van der Waals surface area contributed by atoms with Gasteiger partial charge in [0.15, 0.2) is 5.84 Å². The van der Waals surface area contributed by atoms with E-state index in [2.05, 4.69) is 10.1 Å². The van der Waals surface area contributed by atoms with Crippen LogP contribution >= 0.6 is 0 Å². The fourth-order valence-corrected chi connectivity index (χ4v) is 3.73. The zero-order chi connectivity index (χ0) is 22.7.